The van der Waals surface area contributed by atoms with Gasteiger partial charge in [-0.15, -0.1) is 0 Å². The van der Waals surface area contributed by atoms with Crippen LogP contribution in [-0.4, -0.2) is 110 Å². The van der Waals surface area contributed by atoms with Crippen LogP contribution in [0.3, 0.4) is 0 Å². The Hall–Kier alpha value is -1.18. The van der Waals surface area contributed by atoms with E-state index in [1.165, 1.54) is 0 Å². The van der Waals surface area contributed by atoms with Crippen LogP contribution in [-0.2, 0) is 14.3 Å². The maximum absolute atomic E-state index is 13.0. The van der Waals surface area contributed by atoms with Crippen molar-refractivity contribution in [2.75, 3.05) is 72.6 Å². The van der Waals surface area contributed by atoms with Crippen LogP contribution in [0.2, 0.25) is 0 Å². The van der Waals surface area contributed by atoms with Crippen molar-refractivity contribution in [1.82, 2.24) is 19.6 Å². The van der Waals surface area contributed by atoms with Crippen LogP contribution in [0.4, 0.5) is 0 Å². The molecule has 7 heteroatoms. The van der Waals surface area contributed by atoms with Gasteiger partial charge in [-0.25, -0.2) is 0 Å². The van der Waals surface area contributed by atoms with Gasteiger partial charge in [0.15, 0.2) is 0 Å². The summed E-state index contributed by atoms with van der Waals surface area (Å²) in [5.74, 6) is 0.631. The minimum Gasteiger partial charge on any atom is -0.372 e. The van der Waals surface area contributed by atoms with E-state index in [0.717, 1.165) is 84.5 Å². The van der Waals surface area contributed by atoms with Crippen LogP contribution < -0.4 is 0 Å². The third-order valence-corrected chi connectivity index (χ3v) is 6.52. The van der Waals surface area contributed by atoms with E-state index >= 15 is 0 Å². The summed E-state index contributed by atoms with van der Waals surface area (Å²) in [4.78, 5) is 34.0. The third-order valence-electron chi connectivity index (χ3n) is 6.52. The van der Waals surface area contributed by atoms with E-state index in [9.17, 15) is 9.59 Å². The van der Waals surface area contributed by atoms with Crippen molar-refractivity contribution < 1.29 is 14.3 Å². The third kappa shape index (κ3) is 5.67. The second-order valence-corrected chi connectivity index (χ2v) is 8.63. The summed E-state index contributed by atoms with van der Waals surface area (Å²) in [5, 5.41) is 0. The van der Waals surface area contributed by atoms with Crippen molar-refractivity contribution in [3.63, 3.8) is 0 Å². The zero-order valence-corrected chi connectivity index (χ0v) is 17.8. The Kier molecular flexibility index (Phi) is 8.11. The second-order valence-electron chi connectivity index (χ2n) is 8.63. The molecule has 3 heterocycles. The lowest BCUT2D eigenvalue weighted by atomic mass is 9.92. The molecule has 3 aliphatic heterocycles. The number of carbonyl (C=O) groups excluding carboxylic acids is 2. The highest BCUT2D eigenvalue weighted by Crippen LogP contribution is 2.25. The molecule has 0 aromatic heterocycles. The summed E-state index contributed by atoms with van der Waals surface area (Å²) in [6.07, 6.45) is 5.09. The van der Waals surface area contributed by atoms with Crippen LogP contribution >= 0.6 is 0 Å². The maximum Gasteiger partial charge on any atom is 0.248 e. The summed E-state index contributed by atoms with van der Waals surface area (Å²) < 4.78 is 5.40. The van der Waals surface area contributed by atoms with Crippen LogP contribution in [0.25, 0.3) is 0 Å². The van der Waals surface area contributed by atoms with Gasteiger partial charge >= 0.3 is 0 Å². The lowest BCUT2D eigenvalue weighted by molar-refractivity contribution is -0.139. The molecular weight excluding hydrogens is 356 g/mol. The Morgan fingerprint density at radius 2 is 1.64 bits per heavy atom. The largest absolute Gasteiger partial charge is 0.372 e. The minimum absolute atomic E-state index is 0.119. The molecule has 0 radical (unpaired) electrons. The molecule has 0 bridgehead atoms. The number of nitrogens with zero attached hydrogens (tertiary/aromatic N) is 4. The average molecular weight is 395 g/mol. The minimum atomic E-state index is 0.119. The van der Waals surface area contributed by atoms with E-state index < -0.39 is 0 Å². The van der Waals surface area contributed by atoms with Gasteiger partial charge in [0.1, 0.15) is 6.61 Å². The van der Waals surface area contributed by atoms with Crippen molar-refractivity contribution >= 4 is 11.8 Å². The Labute approximate surface area is 169 Å². The molecule has 3 saturated heterocycles. The predicted octanol–water partition coefficient (Wildman–Crippen LogP) is 0.890. The van der Waals surface area contributed by atoms with E-state index in [4.69, 9.17) is 4.74 Å². The van der Waals surface area contributed by atoms with Gasteiger partial charge in [-0.1, -0.05) is 6.92 Å². The molecular formula is C21H38N4O3. The zero-order valence-electron chi connectivity index (χ0n) is 17.8. The van der Waals surface area contributed by atoms with E-state index in [1.54, 1.807) is 0 Å². The summed E-state index contributed by atoms with van der Waals surface area (Å²) >= 11 is 0. The average Bonchev–Trinajstić information content (AvgIpc) is 2.74. The SMILES string of the molecule is CCCOCC(=O)N1CCC(N2CCC[C@@H](C(=O)N3CCN(C)CC3)C2)CC1. The molecule has 0 spiro atoms. The number of carbonyl (C=O) groups is 2. The number of piperazine rings is 1. The molecule has 28 heavy (non-hydrogen) atoms. The Balaban J connectivity index is 1.43. The van der Waals surface area contributed by atoms with Crippen molar-refractivity contribution in [2.45, 2.75) is 45.1 Å². The molecule has 0 saturated carbocycles. The normalized spacial score (nSPS) is 25.9. The molecule has 7 nitrogen and oxygen atoms in total. The summed E-state index contributed by atoms with van der Waals surface area (Å²) in [7, 11) is 2.12. The molecule has 0 aromatic rings. The van der Waals surface area contributed by atoms with Crippen molar-refractivity contribution in [3.8, 4) is 0 Å². The first kappa shape index (κ1) is 21.5. The van der Waals surface area contributed by atoms with Gasteiger partial charge in [-0.2, -0.15) is 0 Å². The lowest BCUT2D eigenvalue weighted by Gasteiger charge is -2.43. The van der Waals surface area contributed by atoms with Crippen LogP contribution in [0.1, 0.15) is 39.0 Å². The number of hydrogen-bond donors (Lipinski definition) is 0. The fourth-order valence-electron chi connectivity index (χ4n) is 4.70. The number of hydrogen-bond acceptors (Lipinski definition) is 5. The van der Waals surface area contributed by atoms with E-state index in [-0.39, 0.29) is 18.4 Å². The van der Waals surface area contributed by atoms with Gasteiger partial charge in [0.25, 0.3) is 0 Å². The molecule has 160 valence electrons. The van der Waals surface area contributed by atoms with Gasteiger partial charge < -0.3 is 19.4 Å². The first-order valence-corrected chi connectivity index (χ1v) is 11.2. The Morgan fingerprint density at radius 3 is 2.32 bits per heavy atom. The smallest absolute Gasteiger partial charge is 0.248 e. The Morgan fingerprint density at radius 1 is 0.929 bits per heavy atom. The molecule has 0 unspecified atom stereocenters. The molecule has 3 aliphatic rings. The summed E-state index contributed by atoms with van der Waals surface area (Å²) in [5.41, 5.74) is 0. The summed E-state index contributed by atoms with van der Waals surface area (Å²) in [6.45, 7) is 10.2. The van der Waals surface area contributed by atoms with E-state index in [0.29, 0.717) is 18.6 Å². The van der Waals surface area contributed by atoms with Gasteiger partial charge in [0.05, 0.1) is 5.92 Å². The van der Waals surface area contributed by atoms with Gasteiger partial charge in [0, 0.05) is 58.5 Å². The highest BCUT2D eigenvalue weighted by atomic mass is 16.5. The first-order valence-electron chi connectivity index (χ1n) is 11.2. The lowest BCUT2D eigenvalue weighted by Crippen LogP contribution is -2.54. The first-order chi connectivity index (χ1) is 13.6. The molecule has 3 fully saturated rings. The highest BCUT2D eigenvalue weighted by molar-refractivity contribution is 5.79. The number of rotatable bonds is 6. The molecule has 3 rings (SSSR count). The van der Waals surface area contributed by atoms with Crippen LogP contribution in [0.5, 0.6) is 0 Å². The molecule has 0 N–H and O–H groups in total. The fraction of sp³-hybridized carbons (Fsp3) is 0.905. The standard InChI is InChI=1S/C21H38N4O3/c1-3-15-28-17-20(26)23-9-6-19(7-10-23)25-8-4-5-18(16-25)21(27)24-13-11-22(2)12-14-24/h18-19H,3-17H2,1-2H3/t18-/m1/s1. The van der Waals surface area contributed by atoms with Gasteiger partial charge in [-0.05, 0) is 45.7 Å². The van der Waals surface area contributed by atoms with Crippen molar-refractivity contribution in [1.29, 1.82) is 0 Å². The Bertz CT molecular complexity index is 514. The topological polar surface area (TPSA) is 56.3 Å². The molecule has 1 atom stereocenters. The van der Waals surface area contributed by atoms with Crippen LogP contribution in [0.15, 0.2) is 0 Å². The van der Waals surface area contributed by atoms with Gasteiger partial charge in [0.2, 0.25) is 11.8 Å². The van der Waals surface area contributed by atoms with Crippen molar-refractivity contribution in [3.05, 3.63) is 0 Å². The summed E-state index contributed by atoms with van der Waals surface area (Å²) in [6, 6.07) is 0.503. The number of ether oxygens (including phenoxy) is 1. The molecule has 0 aromatic carbocycles. The zero-order chi connectivity index (χ0) is 19.9. The predicted molar refractivity (Wildman–Crippen MR) is 109 cm³/mol. The maximum atomic E-state index is 13.0. The fourth-order valence-corrected chi connectivity index (χ4v) is 4.70. The van der Waals surface area contributed by atoms with Crippen LogP contribution in [0, 0.1) is 5.92 Å². The second kappa shape index (κ2) is 10.6. The molecule has 2 amide bonds. The van der Waals surface area contributed by atoms with Crippen molar-refractivity contribution in [2.24, 2.45) is 5.92 Å². The number of likely N-dealkylation sites (N-methyl/N-ethyl adjacent to an activating group) is 1. The number of amides is 2. The molecule has 0 aliphatic carbocycles. The van der Waals surface area contributed by atoms with Gasteiger partial charge in [-0.3, -0.25) is 14.5 Å². The highest BCUT2D eigenvalue weighted by Gasteiger charge is 2.34. The number of likely N-dealkylation sites (tertiary alicyclic amines) is 2. The number of piperidine rings is 2. The van der Waals surface area contributed by atoms with E-state index in [2.05, 4.69) is 28.7 Å². The van der Waals surface area contributed by atoms with E-state index in [1.807, 2.05) is 4.90 Å². The quantitative estimate of drug-likeness (QED) is 0.627. The monoisotopic (exact) mass is 394 g/mol.